The summed E-state index contributed by atoms with van der Waals surface area (Å²) in [5.41, 5.74) is 1.33. The summed E-state index contributed by atoms with van der Waals surface area (Å²) in [7, 11) is 0. The fourth-order valence-electron chi connectivity index (χ4n) is 1.52. The molecule has 0 saturated carbocycles. The van der Waals surface area contributed by atoms with Crippen LogP contribution in [0.15, 0.2) is 18.2 Å². The third-order valence-electron chi connectivity index (χ3n) is 2.66. The van der Waals surface area contributed by atoms with Crippen LogP contribution in [-0.2, 0) is 11.2 Å². The molecule has 0 spiro atoms. The van der Waals surface area contributed by atoms with Crippen molar-refractivity contribution in [2.45, 2.75) is 40.5 Å². The first-order valence-electron chi connectivity index (χ1n) is 5.59. The lowest BCUT2D eigenvalue weighted by Crippen LogP contribution is -2.20. The molecular formula is C14H19FO. The summed E-state index contributed by atoms with van der Waals surface area (Å²) in [6, 6.07) is 5.02. The normalized spacial score (nSPS) is 11.6. The molecular weight excluding hydrogens is 203 g/mol. The third kappa shape index (κ3) is 3.44. The molecule has 0 aromatic heterocycles. The van der Waals surface area contributed by atoms with E-state index in [2.05, 4.69) is 0 Å². The van der Waals surface area contributed by atoms with Crippen LogP contribution in [0.4, 0.5) is 4.39 Å². The minimum absolute atomic E-state index is 0.174. The molecule has 0 aliphatic carbocycles. The number of carbonyl (C=O) groups excluding carboxylic acids is 1. The van der Waals surface area contributed by atoms with E-state index >= 15 is 0 Å². The number of ketones is 1. The van der Waals surface area contributed by atoms with Crippen LogP contribution in [-0.4, -0.2) is 5.78 Å². The Morgan fingerprint density at radius 3 is 2.50 bits per heavy atom. The lowest BCUT2D eigenvalue weighted by atomic mass is 9.87. The molecule has 0 unspecified atom stereocenters. The minimum Gasteiger partial charge on any atom is -0.299 e. The molecule has 1 aromatic rings. The van der Waals surface area contributed by atoms with Crippen LogP contribution in [0.2, 0.25) is 0 Å². The molecule has 0 radical (unpaired) electrons. The summed E-state index contributed by atoms with van der Waals surface area (Å²) in [5.74, 6) is -0.0410. The SMILES string of the molecule is Cc1ccc(F)c(CCC(=O)C(C)(C)C)c1. The first-order valence-corrected chi connectivity index (χ1v) is 5.59. The predicted molar refractivity (Wildman–Crippen MR) is 63.9 cm³/mol. The van der Waals surface area contributed by atoms with Crippen LogP contribution >= 0.6 is 0 Å². The monoisotopic (exact) mass is 222 g/mol. The lowest BCUT2D eigenvalue weighted by Gasteiger charge is -2.16. The van der Waals surface area contributed by atoms with E-state index in [1.165, 1.54) is 6.07 Å². The molecule has 1 rings (SSSR count). The number of carbonyl (C=O) groups is 1. The Morgan fingerprint density at radius 2 is 1.94 bits per heavy atom. The van der Waals surface area contributed by atoms with Crippen molar-refractivity contribution in [3.05, 3.63) is 35.1 Å². The van der Waals surface area contributed by atoms with Gasteiger partial charge in [0.15, 0.2) is 0 Å². The molecule has 0 aliphatic heterocycles. The Hall–Kier alpha value is -1.18. The second kappa shape index (κ2) is 4.77. The van der Waals surface area contributed by atoms with Gasteiger partial charge in [-0.1, -0.05) is 38.5 Å². The van der Waals surface area contributed by atoms with Crippen LogP contribution in [0.3, 0.4) is 0 Å². The predicted octanol–water partition coefficient (Wildman–Crippen LogP) is 3.68. The Balaban J connectivity index is 2.68. The number of aryl methyl sites for hydroxylation is 2. The van der Waals surface area contributed by atoms with E-state index < -0.39 is 0 Å². The molecule has 0 amide bonds. The Bertz CT molecular complexity index is 388. The number of benzene rings is 1. The summed E-state index contributed by atoms with van der Waals surface area (Å²) in [6.45, 7) is 7.60. The van der Waals surface area contributed by atoms with E-state index in [9.17, 15) is 9.18 Å². The molecule has 1 nitrogen and oxygen atoms in total. The maximum Gasteiger partial charge on any atom is 0.138 e. The highest BCUT2D eigenvalue weighted by Gasteiger charge is 2.20. The van der Waals surface area contributed by atoms with Gasteiger partial charge in [0.1, 0.15) is 11.6 Å². The van der Waals surface area contributed by atoms with E-state index in [-0.39, 0.29) is 17.0 Å². The number of rotatable bonds is 3. The molecule has 0 saturated heterocycles. The zero-order chi connectivity index (χ0) is 12.3. The number of halogens is 1. The zero-order valence-corrected chi connectivity index (χ0v) is 10.4. The van der Waals surface area contributed by atoms with Crippen molar-refractivity contribution < 1.29 is 9.18 Å². The fraction of sp³-hybridized carbons (Fsp3) is 0.500. The van der Waals surface area contributed by atoms with Gasteiger partial charge in [-0.2, -0.15) is 0 Å². The molecule has 0 fully saturated rings. The van der Waals surface area contributed by atoms with Crippen molar-refractivity contribution >= 4 is 5.78 Å². The van der Waals surface area contributed by atoms with Gasteiger partial charge in [0.2, 0.25) is 0 Å². The average molecular weight is 222 g/mol. The van der Waals surface area contributed by atoms with Crippen LogP contribution in [0.25, 0.3) is 0 Å². The highest BCUT2D eigenvalue weighted by Crippen LogP contribution is 2.19. The van der Waals surface area contributed by atoms with E-state index in [1.54, 1.807) is 6.07 Å². The molecule has 2 heteroatoms. The smallest absolute Gasteiger partial charge is 0.138 e. The first-order chi connectivity index (χ1) is 7.30. The fourth-order valence-corrected chi connectivity index (χ4v) is 1.52. The van der Waals surface area contributed by atoms with E-state index in [0.717, 1.165) is 5.56 Å². The molecule has 1 aromatic carbocycles. The van der Waals surface area contributed by atoms with Crippen molar-refractivity contribution in [3.63, 3.8) is 0 Å². The minimum atomic E-state index is -0.333. The lowest BCUT2D eigenvalue weighted by molar-refractivity contribution is -0.126. The Morgan fingerprint density at radius 1 is 1.31 bits per heavy atom. The van der Waals surface area contributed by atoms with Crippen molar-refractivity contribution in [1.29, 1.82) is 0 Å². The molecule has 0 atom stereocenters. The number of hydrogen-bond acceptors (Lipinski definition) is 1. The first kappa shape index (κ1) is 12.9. The molecule has 0 N–H and O–H groups in total. The van der Waals surface area contributed by atoms with Gasteiger partial charge in [-0.3, -0.25) is 4.79 Å². The summed E-state index contributed by atoms with van der Waals surface area (Å²) < 4.78 is 13.4. The van der Waals surface area contributed by atoms with Crippen LogP contribution in [0, 0.1) is 18.2 Å². The van der Waals surface area contributed by atoms with E-state index in [4.69, 9.17) is 0 Å². The Labute approximate surface area is 96.7 Å². The van der Waals surface area contributed by atoms with Gasteiger partial charge in [-0.25, -0.2) is 4.39 Å². The van der Waals surface area contributed by atoms with Gasteiger partial charge < -0.3 is 0 Å². The Kier molecular flexibility index (Phi) is 3.84. The van der Waals surface area contributed by atoms with Crippen molar-refractivity contribution in [1.82, 2.24) is 0 Å². The molecule has 0 heterocycles. The third-order valence-corrected chi connectivity index (χ3v) is 2.66. The summed E-state index contributed by atoms with van der Waals surface area (Å²) in [6.07, 6.45) is 0.896. The van der Waals surface area contributed by atoms with Gasteiger partial charge in [0.05, 0.1) is 0 Å². The van der Waals surface area contributed by atoms with Gasteiger partial charge in [0.25, 0.3) is 0 Å². The second-order valence-corrected chi connectivity index (χ2v) is 5.27. The van der Waals surface area contributed by atoms with Gasteiger partial charge >= 0.3 is 0 Å². The highest BCUT2D eigenvalue weighted by atomic mass is 19.1. The largest absolute Gasteiger partial charge is 0.299 e. The summed E-state index contributed by atoms with van der Waals surface area (Å²) in [4.78, 5) is 11.7. The van der Waals surface area contributed by atoms with E-state index in [1.807, 2.05) is 33.8 Å². The van der Waals surface area contributed by atoms with Gasteiger partial charge in [-0.05, 0) is 25.0 Å². The molecule has 0 aliphatic rings. The van der Waals surface area contributed by atoms with Crippen LogP contribution in [0.5, 0.6) is 0 Å². The topological polar surface area (TPSA) is 17.1 Å². The molecule has 0 bridgehead atoms. The molecule has 16 heavy (non-hydrogen) atoms. The average Bonchev–Trinajstić information content (AvgIpc) is 2.17. The van der Waals surface area contributed by atoms with Crippen molar-refractivity contribution in [2.75, 3.05) is 0 Å². The summed E-state index contributed by atoms with van der Waals surface area (Å²) in [5, 5.41) is 0. The number of Topliss-reactive ketones (excluding diaryl/α,β-unsaturated/α-hetero) is 1. The number of hydrogen-bond donors (Lipinski definition) is 0. The van der Waals surface area contributed by atoms with E-state index in [0.29, 0.717) is 18.4 Å². The second-order valence-electron chi connectivity index (χ2n) is 5.27. The molecule has 88 valence electrons. The standard InChI is InChI=1S/C14H19FO/c1-10-5-7-12(15)11(9-10)6-8-13(16)14(2,3)4/h5,7,9H,6,8H2,1-4H3. The maximum atomic E-state index is 13.4. The van der Waals surface area contributed by atoms with Crippen LogP contribution in [0.1, 0.15) is 38.3 Å². The quantitative estimate of drug-likeness (QED) is 0.762. The van der Waals surface area contributed by atoms with Gasteiger partial charge in [0, 0.05) is 11.8 Å². The summed E-state index contributed by atoms with van der Waals surface area (Å²) >= 11 is 0. The highest BCUT2D eigenvalue weighted by molar-refractivity contribution is 5.83. The van der Waals surface area contributed by atoms with Crippen LogP contribution < -0.4 is 0 Å². The van der Waals surface area contributed by atoms with Crippen molar-refractivity contribution in [2.24, 2.45) is 5.41 Å². The zero-order valence-electron chi connectivity index (χ0n) is 10.4. The maximum absolute atomic E-state index is 13.4. The van der Waals surface area contributed by atoms with Crippen molar-refractivity contribution in [3.8, 4) is 0 Å². The van der Waals surface area contributed by atoms with Gasteiger partial charge in [-0.15, -0.1) is 0 Å².